The highest BCUT2D eigenvalue weighted by atomic mass is 35.7. The Morgan fingerprint density at radius 1 is 1.38 bits per heavy atom. The zero-order valence-electron chi connectivity index (χ0n) is 9.03. The second-order valence-electron chi connectivity index (χ2n) is 3.08. The Morgan fingerprint density at radius 2 is 1.94 bits per heavy atom. The minimum absolute atomic E-state index is 0.0792. The molecule has 0 aromatic carbocycles. The van der Waals surface area contributed by atoms with Gasteiger partial charge in [0.2, 0.25) is 0 Å². The predicted molar refractivity (Wildman–Crippen MR) is 57.2 cm³/mol. The predicted octanol–water partition coefficient (Wildman–Crippen LogP) is 2.00. The fourth-order valence-corrected chi connectivity index (χ4v) is 2.81. The molecule has 1 aromatic heterocycles. The number of ether oxygens (including phenoxy) is 1. The Balaban J connectivity index is 3.44. The quantitative estimate of drug-likeness (QED) is 0.618. The van der Waals surface area contributed by atoms with Crippen LogP contribution in [0.2, 0.25) is 0 Å². The SMILES string of the molecule is CCOC(=O)c1c(C)oc(C)c1S(=O)(=O)Cl. The van der Waals surface area contributed by atoms with Gasteiger partial charge in [0.25, 0.3) is 9.05 Å². The molecule has 1 heterocycles. The molecule has 0 aliphatic heterocycles. The molecule has 0 aliphatic rings. The normalized spacial score (nSPS) is 11.5. The summed E-state index contributed by atoms with van der Waals surface area (Å²) in [5.74, 6) is -0.498. The van der Waals surface area contributed by atoms with E-state index in [1.54, 1.807) is 6.92 Å². The van der Waals surface area contributed by atoms with E-state index in [0.29, 0.717) is 0 Å². The Morgan fingerprint density at radius 3 is 2.38 bits per heavy atom. The number of carbonyl (C=O) groups is 1. The van der Waals surface area contributed by atoms with Crippen molar-refractivity contribution >= 4 is 25.7 Å². The van der Waals surface area contributed by atoms with E-state index in [1.165, 1.54) is 13.8 Å². The lowest BCUT2D eigenvalue weighted by atomic mass is 10.2. The third kappa shape index (κ3) is 2.38. The lowest BCUT2D eigenvalue weighted by Gasteiger charge is -2.01. The fraction of sp³-hybridized carbons (Fsp3) is 0.444. The van der Waals surface area contributed by atoms with Crippen LogP contribution in [0.3, 0.4) is 0 Å². The molecule has 1 rings (SSSR count). The van der Waals surface area contributed by atoms with E-state index >= 15 is 0 Å². The topological polar surface area (TPSA) is 73.6 Å². The molecule has 0 radical (unpaired) electrons. The monoisotopic (exact) mass is 266 g/mol. The first-order valence-electron chi connectivity index (χ1n) is 4.50. The molecule has 0 bridgehead atoms. The minimum atomic E-state index is -4.03. The van der Waals surface area contributed by atoms with Crippen LogP contribution in [0.25, 0.3) is 0 Å². The maximum atomic E-state index is 11.5. The van der Waals surface area contributed by atoms with Crippen LogP contribution < -0.4 is 0 Å². The number of carbonyl (C=O) groups excluding carboxylic acids is 1. The van der Waals surface area contributed by atoms with E-state index in [4.69, 9.17) is 19.8 Å². The Bertz CT molecular complexity index is 514. The lowest BCUT2D eigenvalue weighted by molar-refractivity contribution is 0.0520. The van der Waals surface area contributed by atoms with Crippen LogP contribution in [-0.4, -0.2) is 21.0 Å². The summed E-state index contributed by atoms with van der Waals surface area (Å²) in [4.78, 5) is 11.2. The zero-order valence-corrected chi connectivity index (χ0v) is 10.6. The van der Waals surface area contributed by atoms with Crippen molar-refractivity contribution in [1.29, 1.82) is 0 Å². The van der Waals surface area contributed by atoms with Crippen molar-refractivity contribution in [1.82, 2.24) is 0 Å². The van der Waals surface area contributed by atoms with Gasteiger partial charge in [-0.15, -0.1) is 0 Å². The van der Waals surface area contributed by atoms with Crippen LogP contribution in [0.1, 0.15) is 28.8 Å². The first-order chi connectivity index (χ1) is 7.29. The van der Waals surface area contributed by atoms with Crippen molar-refractivity contribution in [3.05, 3.63) is 17.1 Å². The molecule has 0 unspecified atom stereocenters. The highest BCUT2D eigenvalue weighted by Crippen LogP contribution is 2.29. The maximum Gasteiger partial charge on any atom is 0.343 e. The van der Waals surface area contributed by atoms with Crippen LogP contribution in [0.5, 0.6) is 0 Å². The van der Waals surface area contributed by atoms with Gasteiger partial charge in [-0.2, -0.15) is 0 Å². The number of aryl methyl sites for hydroxylation is 2. The summed E-state index contributed by atoms with van der Waals surface area (Å²) in [6.45, 7) is 4.66. The summed E-state index contributed by atoms with van der Waals surface area (Å²) in [6, 6.07) is 0. The third-order valence-corrected chi connectivity index (χ3v) is 3.37. The molecule has 0 saturated carbocycles. The standard InChI is InChI=1S/C9H11ClO5S/c1-4-14-9(11)7-5(2)15-6(3)8(7)16(10,12)13/h4H2,1-3H3. The van der Waals surface area contributed by atoms with Crippen LogP contribution in [-0.2, 0) is 13.8 Å². The maximum absolute atomic E-state index is 11.5. The summed E-state index contributed by atoms with van der Waals surface area (Å²) in [5.41, 5.74) is -0.130. The fourth-order valence-electron chi connectivity index (χ4n) is 1.40. The van der Waals surface area contributed by atoms with E-state index in [9.17, 15) is 13.2 Å². The molecule has 0 atom stereocenters. The molecule has 0 saturated heterocycles. The largest absolute Gasteiger partial charge is 0.464 e. The molecule has 90 valence electrons. The van der Waals surface area contributed by atoms with Gasteiger partial charge in [-0.1, -0.05) is 0 Å². The molecule has 0 aliphatic carbocycles. The van der Waals surface area contributed by atoms with Gasteiger partial charge in [-0.05, 0) is 20.8 Å². The number of halogens is 1. The van der Waals surface area contributed by atoms with Gasteiger partial charge < -0.3 is 9.15 Å². The summed E-state index contributed by atoms with van der Waals surface area (Å²) in [5, 5.41) is 0. The molecule has 0 fully saturated rings. The van der Waals surface area contributed by atoms with Crippen molar-refractivity contribution in [2.75, 3.05) is 6.61 Å². The average Bonchev–Trinajstić information content (AvgIpc) is 2.40. The lowest BCUT2D eigenvalue weighted by Crippen LogP contribution is -2.09. The number of hydrogen-bond donors (Lipinski definition) is 0. The minimum Gasteiger partial charge on any atom is -0.464 e. The number of rotatable bonds is 3. The second-order valence-corrected chi connectivity index (χ2v) is 5.58. The first kappa shape index (κ1) is 13.1. The molecule has 0 amide bonds. The van der Waals surface area contributed by atoms with E-state index in [1.807, 2.05) is 0 Å². The highest BCUT2D eigenvalue weighted by Gasteiger charge is 2.30. The second kappa shape index (κ2) is 4.47. The van der Waals surface area contributed by atoms with E-state index in [2.05, 4.69) is 0 Å². The summed E-state index contributed by atoms with van der Waals surface area (Å²) in [7, 11) is 1.20. The third-order valence-electron chi connectivity index (χ3n) is 1.93. The van der Waals surface area contributed by atoms with Crippen LogP contribution in [0.15, 0.2) is 9.31 Å². The summed E-state index contributed by atoms with van der Waals surface area (Å²) in [6.07, 6.45) is 0. The number of esters is 1. The van der Waals surface area contributed by atoms with Crippen molar-refractivity contribution in [2.45, 2.75) is 25.7 Å². The zero-order chi connectivity index (χ0) is 12.5. The van der Waals surface area contributed by atoms with Crippen molar-refractivity contribution in [3.63, 3.8) is 0 Å². The molecular weight excluding hydrogens is 256 g/mol. The molecule has 0 N–H and O–H groups in total. The van der Waals surface area contributed by atoms with Crippen molar-refractivity contribution in [2.24, 2.45) is 0 Å². The van der Waals surface area contributed by atoms with Gasteiger partial charge in [0, 0.05) is 10.7 Å². The van der Waals surface area contributed by atoms with E-state index in [0.717, 1.165) is 0 Å². The van der Waals surface area contributed by atoms with Gasteiger partial charge in [0.1, 0.15) is 22.0 Å². The van der Waals surface area contributed by atoms with Crippen LogP contribution in [0, 0.1) is 13.8 Å². The van der Waals surface area contributed by atoms with E-state index < -0.39 is 15.0 Å². The molecule has 0 spiro atoms. The Hall–Kier alpha value is -1.01. The molecule has 7 heteroatoms. The molecule has 1 aromatic rings. The molecule has 16 heavy (non-hydrogen) atoms. The summed E-state index contributed by atoms with van der Waals surface area (Å²) < 4.78 is 32.4. The van der Waals surface area contributed by atoms with Crippen molar-refractivity contribution < 1.29 is 22.4 Å². The first-order valence-corrected chi connectivity index (χ1v) is 6.81. The number of furan rings is 1. The van der Waals surface area contributed by atoms with Crippen LogP contribution in [0.4, 0.5) is 0 Å². The highest BCUT2D eigenvalue weighted by molar-refractivity contribution is 8.13. The van der Waals surface area contributed by atoms with Gasteiger partial charge in [-0.25, -0.2) is 13.2 Å². The smallest absolute Gasteiger partial charge is 0.343 e. The van der Waals surface area contributed by atoms with Gasteiger partial charge in [-0.3, -0.25) is 0 Å². The molecular formula is C9H11ClO5S. The Labute approximate surface area is 97.8 Å². The summed E-state index contributed by atoms with van der Waals surface area (Å²) >= 11 is 0. The van der Waals surface area contributed by atoms with Crippen molar-refractivity contribution in [3.8, 4) is 0 Å². The number of hydrogen-bond acceptors (Lipinski definition) is 5. The Kier molecular flexibility index (Phi) is 3.64. The van der Waals surface area contributed by atoms with Gasteiger partial charge in [0.15, 0.2) is 0 Å². The van der Waals surface area contributed by atoms with E-state index in [-0.39, 0.29) is 28.6 Å². The van der Waals surface area contributed by atoms with Crippen LogP contribution >= 0.6 is 10.7 Å². The average molecular weight is 267 g/mol. The molecule has 5 nitrogen and oxygen atoms in total. The van der Waals surface area contributed by atoms with Gasteiger partial charge >= 0.3 is 5.97 Å². The van der Waals surface area contributed by atoms with Gasteiger partial charge in [0.05, 0.1) is 6.61 Å².